The van der Waals surface area contributed by atoms with Crippen LogP contribution < -0.4 is 10.6 Å². The summed E-state index contributed by atoms with van der Waals surface area (Å²) < 4.78 is 15.3. The predicted octanol–water partition coefficient (Wildman–Crippen LogP) is 4.16. The molecule has 11 heteroatoms. The SMILES string of the molecule is CNC(=O)[C@@]1(C)[C@H](C)[C@@H](n2cnc3c(NCc4cccc(Cl)c4)nc(I)nc32)[C@@H]2OC(C)(C)O[C@@H]21. The van der Waals surface area contributed by atoms with Gasteiger partial charge in [0.25, 0.3) is 0 Å². The molecule has 1 saturated carbocycles. The summed E-state index contributed by atoms with van der Waals surface area (Å²) in [6.45, 7) is 8.32. The van der Waals surface area contributed by atoms with Crippen molar-refractivity contribution in [3.8, 4) is 0 Å². The maximum Gasteiger partial charge on any atom is 0.228 e. The highest BCUT2D eigenvalue weighted by Gasteiger charge is 2.66. The molecule has 2 aromatic heterocycles. The fraction of sp³-hybridized carbons (Fsp3) is 0.500. The molecule has 186 valence electrons. The molecule has 2 fully saturated rings. The maximum atomic E-state index is 13.1. The Labute approximate surface area is 222 Å². The summed E-state index contributed by atoms with van der Waals surface area (Å²) in [7, 11) is 1.66. The Bertz CT molecular complexity index is 1300. The van der Waals surface area contributed by atoms with E-state index in [1.807, 2.05) is 49.6 Å². The number of hydrogen-bond donors (Lipinski definition) is 2. The highest BCUT2D eigenvalue weighted by atomic mass is 127. The third kappa shape index (κ3) is 4.08. The number of hydrogen-bond acceptors (Lipinski definition) is 7. The molecule has 1 saturated heterocycles. The van der Waals surface area contributed by atoms with Gasteiger partial charge in [0.2, 0.25) is 5.91 Å². The molecule has 0 spiro atoms. The van der Waals surface area contributed by atoms with Crippen LogP contribution in [-0.2, 0) is 20.8 Å². The van der Waals surface area contributed by atoms with Crippen LogP contribution in [0.1, 0.15) is 39.3 Å². The second-order valence-corrected chi connectivity index (χ2v) is 11.2. The fourth-order valence-corrected chi connectivity index (χ4v) is 6.15. The zero-order chi connectivity index (χ0) is 25.1. The third-order valence-corrected chi connectivity index (χ3v) is 8.01. The van der Waals surface area contributed by atoms with E-state index in [0.717, 1.165) is 5.56 Å². The number of rotatable bonds is 5. The van der Waals surface area contributed by atoms with Crippen molar-refractivity contribution in [1.29, 1.82) is 0 Å². The van der Waals surface area contributed by atoms with Crippen LogP contribution in [0.4, 0.5) is 5.82 Å². The third-order valence-electron chi connectivity index (χ3n) is 7.30. The van der Waals surface area contributed by atoms with Crippen molar-refractivity contribution in [1.82, 2.24) is 24.8 Å². The topological polar surface area (TPSA) is 103 Å². The summed E-state index contributed by atoms with van der Waals surface area (Å²) >= 11 is 8.25. The Morgan fingerprint density at radius 1 is 1.26 bits per heavy atom. The number of benzene rings is 1. The van der Waals surface area contributed by atoms with E-state index < -0.39 is 17.3 Å². The first-order chi connectivity index (χ1) is 16.5. The molecule has 1 aliphatic heterocycles. The van der Waals surface area contributed by atoms with Gasteiger partial charge in [0, 0.05) is 41.2 Å². The highest BCUT2D eigenvalue weighted by molar-refractivity contribution is 14.1. The maximum absolute atomic E-state index is 13.1. The van der Waals surface area contributed by atoms with E-state index in [1.54, 1.807) is 13.4 Å². The Balaban J connectivity index is 1.55. The molecule has 35 heavy (non-hydrogen) atoms. The molecular weight excluding hydrogens is 583 g/mol. The first-order valence-electron chi connectivity index (χ1n) is 11.5. The van der Waals surface area contributed by atoms with Crippen molar-refractivity contribution in [3.63, 3.8) is 0 Å². The number of nitrogens with zero attached hydrogens (tertiary/aromatic N) is 4. The number of halogens is 2. The summed E-state index contributed by atoms with van der Waals surface area (Å²) in [5.41, 5.74) is 1.58. The standard InChI is InChI=1S/C24H28ClIN6O3/c1-12-16(17-18(35-23(2,3)34-17)24(12,4)21(33)27-5)32-11-29-15-19(30-22(26)31-20(15)32)28-10-13-7-6-8-14(25)9-13/h6-9,11-12,16-18H,10H2,1-5H3,(H,27,33)(H,28,30,31)/t12-,16-,17+,18+,24+/m1/s1. The molecule has 1 aliphatic carbocycles. The van der Waals surface area contributed by atoms with Crippen LogP contribution in [0.3, 0.4) is 0 Å². The predicted molar refractivity (Wildman–Crippen MR) is 141 cm³/mol. The van der Waals surface area contributed by atoms with E-state index in [9.17, 15) is 4.79 Å². The first-order valence-corrected chi connectivity index (χ1v) is 13.0. The molecule has 0 bridgehead atoms. The van der Waals surface area contributed by atoms with Crippen molar-refractivity contribution in [2.45, 2.75) is 58.3 Å². The minimum Gasteiger partial charge on any atom is -0.364 e. The van der Waals surface area contributed by atoms with Gasteiger partial charge in [0.15, 0.2) is 26.6 Å². The Hall–Kier alpha value is -2.02. The second kappa shape index (κ2) is 8.82. The summed E-state index contributed by atoms with van der Waals surface area (Å²) in [5.74, 6) is -0.340. The Kier molecular flexibility index (Phi) is 6.22. The lowest BCUT2D eigenvalue weighted by molar-refractivity contribution is -0.178. The van der Waals surface area contributed by atoms with Crippen LogP contribution in [-0.4, -0.2) is 50.5 Å². The number of aromatic nitrogens is 4. The zero-order valence-electron chi connectivity index (χ0n) is 20.2. The molecule has 3 heterocycles. The number of anilines is 1. The van der Waals surface area contributed by atoms with Crippen LogP contribution in [0, 0.1) is 15.2 Å². The average Bonchev–Trinajstić information content (AvgIpc) is 3.42. The van der Waals surface area contributed by atoms with Gasteiger partial charge in [-0.05, 0) is 44.4 Å². The molecule has 2 aliphatic rings. The van der Waals surface area contributed by atoms with E-state index in [-0.39, 0.29) is 24.0 Å². The molecule has 5 rings (SSSR count). The number of imidazole rings is 1. The average molecular weight is 611 g/mol. The van der Waals surface area contributed by atoms with Gasteiger partial charge in [-0.15, -0.1) is 0 Å². The van der Waals surface area contributed by atoms with E-state index in [0.29, 0.717) is 32.4 Å². The lowest BCUT2D eigenvalue weighted by Crippen LogP contribution is -2.48. The first kappa shape index (κ1) is 24.7. The van der Waals surface area contributed by atoms with Gasteiger partial charge in [-0.1, -0.05) is 30.7 Å². The molecule has 3 aromatic rings. The molecular formula is C24H28ClIN6O3. The van der Waals surface area contributed by atoms with Gasteiger partial charge in [-0.25, -0.2) is 15.0 Å². The molecule has 5 atom stereocenters. The molecule has 0 radical (unpaired) electrons. The van der Waals surface area contributed by atoms with Gasteiger partial charge in [0.05, 0.1) is 17.8 Å². The van der Waals surface area contributed by atoms with E-state index in [2.05, 4.69) is 50.1 Å². The van der Waals surface area contributed by atoms with Crippen molar-refractivity contribution in [2.24, 2.45) is 11.3 Å². The van der Waals surface area contributed by atoms with E-state index >= 15 is 0 Å². The Morgan fingerprint density at radius 3 is 2.74 bits per heavy atom. The summed E-state index contributed by atoms with van der Waals surface area (Å²) in [5, 5.41) is 6.89. The number of nitrogens with one attached hydrogen (secondary N) is 2. The molecule has 9 nitrogen and oxygen atoms in total. The smallest absolute Gasteiger partial charge is 0.228 e. The number of carbonyl (C=O) groups is 1. The lowest BCUT2D eigenvalue weighted by atomic mass is 9.77. The number of fused-ring (bicyclic) bond motifs is 2. The summed E-state index contributed by atoms with van der Waals surface area (Å²) in [6.07, 6.45) is 1.02. The quantitative estimate of drug-likeness (QED) is 0.330. The minimum atomic E-state index is -0.799. The van der Waals surface area contributed by atoms with Crippen LogP contribution >= 0.6 is 34.2 Å². The van der Waals surface area contributed by atoms with E-state index in [1.165, 1.54) is 0 Å². The van der Waals surface area contributed by atoms with E-state index in [4.69, 9.17) is 26.1 Å². The lowest BCUT2D eigenvalue weighted by Gasteiger charge is -2.35. The highest BCUT2D eigenvalue weighted by Crippen LogP contribution is 2.57. The number of ether oxygens (including phenoxy) is 2. The second-order valence-electron chi connectivity index (χ2n) is 9.81. The van der Waals surface area contributed by atoms with Gasteiger partial charge in [0.1, 0.15) is 12.2 Å². The van der Waals surface area contributed by atoms with Crippen molar-refractivity contribution < 1.29 is 14.3 Å². The molecule has 1 amide bonds. The summed E-state index contributed by atoms with van der Waals surface area (Å²) in [4.78, 5) is 27.1. The minimum absolute atomic E-state index is 0.0682. The molecule has 0 unspecified atom stereocenters. The normalized spacial score (nSPS) is 29.3. The van der Waals surface area contributed by atoms with Gasteiger partial charge < -0.3 is 24.7 Å². The van der Waals surface area contributed by atoms with Gasteiger partial charge >= 0.3 is 0 Å². The van der Waals surface area contributed by atoms with Crippen molar-refractivity contribution in [3.05, 3.63) is 45.0 Å². The largest absolute Gasteiger partial charge is 0.364 e. The van der Waals surface area contributed by atoms with Gasteiger partial charge in [-0.3, -0.25) is 4.79 Å². The number of amides is 1. The fourth-order valence-electron chi connectivity index (χ4n) is 5.47. The number of carbonyl (C=O) groups excluding carboxylic acids is 1. The monoisotopic (exact) mass is 610 g/mol. The van der Waals surface area contributed by atoms with Crippen LogP contribution in [0.15, 0.2) is 30.6 Å². The van der Waals surface area contributed by atoms with Crippen molar-refractivity contribution >= 4 is 57.1 Å². The van der Waals surface area contributed by atoms with Crippen molar-refractivity contribution in [2.75, 3.05) is 12.4 Å². The van der Waals surface area contributed by atoms with Crippen LogP contribution in [0.2, 0.25) is 5.02 Å². The molecule has 2 N–H and O–H groups in total. The van der Waals surface area contributed by atoms with Gasteiger partial charge in [-0.2, -0.15) is 0 Å². The van der Waals surface area contributed by atoms with Crippen LogP contribution in [0.25, 0.3) is 11.2 Å². The zero-order valence-corrected chi connectivity index (χ0v) is 23.1. The molecule has 1 aromatic carbocycles. The van der Waals surface area contributed by atoms with Crippen LogP contribution in [0.5, 0.6) is 0 Å². The Morgan fingerprint density at radius 2 is 2.03 bits per heavy atom. The summed E-state index contributed by atoms with van der Waals surface area (Å²) in [6, 6.07) is 7.47.